The lowest BCUT2D eigenvalue weighted by atomic mass is 10.2. The minimum absolute atomic E-state index is 0.0571. The highest BCUT2D eigenvalue weighted by Crippen LogP contribution is 2.19. The normalized spacial score (nSPS) is 10.4. The van der Waals surface area contributed by atoms with Gasteiger partial charge in [-0.3, -0.25) is 0 Å². The Kier molecular flexibility index (Phi) is 6.60. The van der Waals surface area contributed by atoms with E-state index in [1.165, 1.54) is 5.56 Å². The Balaban J connectivity index is 2.51. The van der Waals surface area contributed by atoms with Gasteiger partial charge in [-0.05, 0) is 22.9 Å². The summed E-state index contributed by atoms with van der Waals surface area (Å²) in [5.74, 6) is 0.936. The maximum absolute atomic E-state index is 11.4. The third-order valence-corrected chi connectivity index (χ3v) is 3.33. The monoisotopic (exact) mass is 268 g/mol. The lowest BCUT2D eigenvalue weighted by molar-refractivity contribution is 0.245. The highest BCUT2D eigenvalue weighted by molar-refractivity contribution is 7.99. The van der Waals surface area contributed by atoms with Crippen LogP contribution in [0.2, 0.25) is 0 Å². The molecule has 0 saturated heterocycles. The predicted octanol–water partition coefficient (Wildman–Crippen LogP) is 2.44. The fraction of sp³-hybridized carbons (Fsp3) is 0.462. The van der Waals surface area contributed by atoms with Crippen molar-refractivity contribution < 1.29 is 9.90 Å². The van der Waals surface area contributed by atoms with Crippen LogP contribution in [0, 0.1) is 0 Å². The van der Waals surface area contributed by atoms with Crippen LogP contribution in [-0.4, -0.2) is 29.5 Å². The number of hydrogen-bond acceptors (Lipinski definition) is 3. The molecular formula is C13H20N2O2S. The molecule has 0 spiro atoms. The second-order valence-electron chi connectivity index (χ2n) is 4.16. The number of carbonyl (C=O) groups excluding carboxylic acids is 1. The van der Waals surface area contributed by atoms with E-state index in [4.69, 9.17) is 5.11 Å². The van der Waals surface area contributed by atoms with E-state index in [1.54, 1.807) is 0 Å². The summed E-state index contributed by atoms with van der Waals surface area (Å²) in [6.45, 7) is 4.53. The maximum atomic E-state index is 11.4. The molecule has 0 bridgehead atoms. The highest BCUT2D eigenvalue weighted by atomic mass is 32.2. The number of carbonyl (C=O) groups is 1. The number of aliphatic hydroxyl groups excluding tert-OH is 1. The molecule has 18 heavy (non-hydrogen) atoms. The summed E-state index contributed by atoms with van der Waals surface area (Å²) in [5.41, 5.74) is 1.96. The summed E-state index contributed by atoms with van der Waals surface area (Å²) in [6, 6.07) is 7.50. The Hall–Kier alpha value is -1.20. The van der Waals surface area contributed by atoms with Crippen molar-refractivity contribution in [2.45, 2.75) is 24.9 Å². The second kappa shape index (κ2) is 8.00. The summed E-state index contributed by atoms with van der Waals surface area (Å²) in [6.07, 6.45) is 0. The molecule has 1 aromatic rings. The van der Waals surface area contributed by atoms with Crippen LogP contribution in [-0.2, 0) is 5.75 Å². The average Bonchev–Trinajstić information content (AvgIpc) is 2.34. The van der Waals surface area contributed by atoms with Crippen LogP contribution in [0.15, 0.2) is 24.3 Å². The van der Waals surface area contributed by atoms with E-state index in [2.05, 4.69) is 24.5 Å². The smallest absolute Gasteiger partial charge is 0.319 e. The molecule has 0 saturated carbocycles. The summed E-state index contributed by atoms with van der Waals surface area (Å²) in [5, 5.41) is 14.5. The third-order valence-electron chi connectivity index (χ3n) is 2.17. The fourth-order valence-electron chi connectivity index (χ4n) is 1.35. The van der Waals surface area contributed by atoms with Gasteiger partial charge >= 0.3 is 6.03 Å². The van der Waals surface area contributed by atoms with Crippen molar-refractivity contribution in [2.24, 2.45) is 0 Å². The van der Waals surface area contributed by atoms with Crippen LogP contribution in [0.5, 0.6) is 0 Å². The van der Waals surface area contributed by atoms with Gasteiger partial charge in [0.15, 0.2) is 0 Å². The summed E-state index contributed by atoms with van der Waals surface area (Å²) in [4.78, 5) is 11.4. The SMILES string of the molecule is CC(C)SCc1cccc(NC(=O)NCCO)c1. The van der Waals surface area contributed by atoms with Crippen molar-refractivity contribution in [2.75, 3.05) is 18.5 Å². The molecule has 100 valence electrons. The van der Waals surface area contributed by atoms with E-state index in [0.29, 0.717) is 5.25 Å². The van der Waals surface area contributed by atoms with Gasteiger partial charge in [0, 0.05) is 18.0 Å². The van der Waals surface area contributed by atoms with Gasteiger partial charge < -0.3 is 15.7 Å². The number of anilines is 1. The van der Waals surface area contributed by atoms with Gasteiger partial charge in [0.2, 0.25) is 0 Å². The molecule has 5 heteroatoms. The quantitative estimate of drug-likeness (QED) is 0.742. The third kappa shape index (κ3) is 5.93. The minimum atomic E-state index is -0.294. The van der Waals surface area contributed by atoms with Crippen molar-refractivity contribution in [1.29, 1.82) is 0 Å². The first-order chi connectivity index (χ1) is 8.61. The molecule has 4 nitrogen and oxygen atoms in total. The van der Waals surface area contributed by atoms with Crippen LogP contribution in [0.3, 0.4) is 0 Å². The first kappa shape index (κ1) is 14.9. The van der Waals surface area contributed by atoms with Crippen molar-refractivity contribution >= 4 is 23.5 Å². The van der Waals surface area contributed by atoms with Gasteiger partial charge in [0.1, 0.15) is 0 Å². The van der Waals surface area contributed by atoms with Crippen molar-refractivity contribution in [3.05, 3.63) is 29.8 Å². The topological polar surface area (TPSA) is 61.4 Å². The molecule has 0 unspecified atom stereocenters. The Morgan fingerprint density at radius 2 is 2.22 bits per heavy atom. The van der Waals surface area contributed by atoms with Crippen LogP contribution in [0.1, 0.15) is 19.4 Å². The lowest BCUT2D eigenvalue weighted by Gasteiger charge is -2.09. The molecular weight excluding hydrogens is 248 g/mol. The molecule has 0 aliphatic carbocycles. The zero-order valence-electron chi connectivity index (χ0n) is 10.8. The van der Waals surface area contributed by atoms with E-state index < -0.39 is 0 Å². The Morgan fingerprint density at radius 1 is 1.44 bits per heavy atom. The molecule has 0 aliphatic rings. The highest BCUT2D eigenvalue weighted by Gasteiger charge is 2.02. The van der Waals surface area contributed by atoms with E-state index in [0.717, 1.165) is 11.4 Å². The number of urea groups is 1. The number of hydrogen-bond donors (Lipinski definition) is 3. The lowest BCUT2D eigenvalue weighted by Crippen LogP contribution is -2.30. The number of aliphatic hydroxyl groups is 1. The van der Waals surface area contributed by atoms with Gasteiger partial charge in [-0.25, -0.2) is 4.79 Å². The molecule has 0 radical (unpaired) electrons. The average molecular weight is 268 g/mol. The Labute approximate surface area is 112 Å². The summed E-state index contributed by atoms with van der Waals surface area (Å²) >= 11 is 1.86. The first-order valence-electron chi connectivity index (χ1n) is 5.98. The fourth-order valence-corrected chi connectivity index (χ4v) is 2.05. The van der Waals surface area contributed by atoms with E-state index >= 15 is 0 Å². The van der Waals surface area contributed by atoms with E-state index in [-0.39, 0.29) is 19.2 Å². The second-order valence-corrected chi connectivity index (χ2v) is 5.73. The number of benzene rings is 1. The number of amides is 2. The largest absolute Gasteiger partial charge is 0.395 e. The van der Waals surface area contributed by atoms with Gasteiger partial charge in [0.05, 0.1) is 6.61 Å². The van der Waals surface area contributed by atoms with Gasteiger partial charge in [0.25, 0.3) is 0 Å². The molecule has 1 aromatic carbocycles. The van der Waals surface area contributed by atoms with Crippen LogP contribution in [0.25, 0.3) is 0 Å². The molecule has 3 N–H and O–H groups in total. The zero-order valence-corrected chi connectivity index (χ0v) is 11.6. The summed E-state index contributed by atoms with van der Waals surface area (Å²) < 4.78 is 0. The van der Waals surface area contributed by atoms with Gasteiger partial charge in [-0.15, -0.1) is 0 Å². The van der Waals surface area contributed by atoms with E-state index in [9.17, 15) is 4.79 Å². The molecule has 0 heterocycles. The number of thioether (sulfide) groups is 1. The molecule has 0 aliphatic heterocycles. The summed E-state index contributed by atoms with van der Waals surface area (Å²) in [7, 11) is 0. The van der Waals surface area contributed by atoms with Crippen molar-refractivity contribution in [3.8, 4) is 0 Å². The van der Waals surface area contributed by atoms with Crippen LogP contribution in [0.4, 0.5) is 10.5 Å². The molecule has 1 rings (SSSR count). The molecule has 0 fully saturated rings. The number of rotatable bonds is 6. The van der Waals surface area contributed by atoms with Gasteiger partial charge in [-0.1, -0.05) is 26.0 Å². The molecule has 0 aromatic heterocycles. The number of nitrogens with one attached hydrogen (secondary N) is 2. The predicted molar refractivity (Wildman–Crippen MR) is 77.0 cm³/mol. The van der Waals surface area contributed by atoms with Crippen molar-refractivity contribution in [1.82, 2.24) is 5.32 Å². The van der Waals surface area contributed by atoms with Gasteiger partial charge in [-0.2, -0.15) is 11.8 Å². The van der Waals surface area contributed by atoms with Crippen LogP contribution >= 0.6 is 11.8 Å². The van der Waals surface area contributed by atoms with Crippen molar-refractivity contribution in [3.63, 3.8) is 0 Å². The Morgan fingerprint density at radius 3 is 2.89 bits per heavy atom. The molecule has 0 atom stereocenters. The Bertz CT molecular complexity index is 383. The zero-order chi connectivity index (χ0) is 13.4. The maximum Gasteiger partial charge on any atom is 0.319 e. The first-order valence-corrected chi connectivity index (χ1v) is 7.03. The molecule has 2 amide bonds. The minimum Gasteiger partial charge on any atom is -0.395 e. The van der Waals surface area contributed by atoms with E-state index in [1.807, 2.05) is 36.0 Å². The van der Waals surface area contributed by atoms with Crippen LogP contribution < -0.4 is 10.6 Å². The standard InChI is InChI=1S/C13H20N2O2S/c1-10(2)18-9-11-4-3-5-12(8-11)15-13(17)14-6-7-16/h3-5,8,10,16H,6-7,9H2,1-2H3,(H2,14,15,17).